The lowest BCUT2D eigenvalue weighted by Gasteiger charge is -2.17. The summed E-state index contributed by atoms with van der Waals surface area (Å²) in [6, 6.07) is 3.95. The van der Waals surface area contributed by atoms with Crippen molar-refractivity contribution in [3.05, 3.63) is 29.6 Å². The fourth-order valence-electron chi connectivity index (χ4n) is 2.24. The van der Waals surface area contributed by atoms with Gasteiger partial charge < -0.3 is 5.11 Å². The van der Waals surface area contributed by atoms with Crippen molar-refractivity contribution < 1.29 is 5.11 Å². The first-order valence-electron chi connectivity index (χ1n) is 5.38. The van der Waals surface area contributed by atoms with Crippen LogP contribution in [0.15, 0.2) is 18.3 Å². The lowest BCUT2D eigenvalue weighted by molar-refractivity contribution is 0.107. The van der Waals surface area contributed by atoms with Crippen molar-refractivity contribution in [3.63, 3.8) is 0 Å². The molecule has 0 aromatic carbocycles. The molecule has 2 nitrogen and oxygen atoms in total. The van der Waals surface area contributed by atoms with Crippen LogP contribution in [0.5, 0.6) is 0 Å². The number of aryl methyl sites for hydroxylation is 1. The van der Waals surface area contributed by atoms with Crippen LogP contribution >= 0.6 is 0 Å². The van der Waals surface area contributed by atoms with E-state index in [2.05, 4.69) is 4.98 Å². The number of aromatic nitrogens is 1. The predicted octanol–water partition coefficient (Wildman–Crippen LogP) is 2.61. The summed E-state index contributed by atoms with van der Waals surface area (Å²) in [5, 5.41) is 10.1. The van der Waals surface area contributed by atoms with Crippen LogP contribution in [-0.4, -0.2) is 10.1 Å². The molecular formula is C12H17NO. The molecule has 76 valence electrons. The Balaban J connectivity index is 2.13. The van der Waals surface area contributed by atoms with Crippen LogP contribution in [0, 0.1) is 12.8 Å². The molecule has 0 radical (unpaired) electrons. The van der Waals surface area contributed by atoms with Gasteiger partial charge in [0, 0.05) is 6.20 Å². The maximum atomic E-state index is 10.1. The highest BCUT2D eigenvalue weighted by Gasteiger charge is 2.25. The van der Waals surface area contributed by atoms with Gasteiger partial charge in [-0.1, -0.05) is 12.8 Å². The Morgan fingerprint density at radius 2 is 2.14 bits per heavy atom. The quantitative estimate of drug-likeness (QED) is 0.779. The van der Waals surface area contributed by atoms with Gasteiger partial charge in [-0.3, -0.25) is 4.98 Å². The van der Waals surface area contributed by atoms with E-state index in [0.717, 1.165) is 18.5 Å². The molecular weight excluding hydrogens is 174 g/mol. The van der Waals surface area contributed by atoms with Crippen LogP contribution < -0.4 is 0 Å². The standard InChI is InChI=1S/C12H17NO/c1-9-6-7-13-11(8-9)12(14)10-4-2-3-5-10/h6-8,10,12,14H,2-5H2,1H3. The van der Waals surface area contributed by atoms with E-state index in [1.807, 2.05) is 19.1 Å². The van der Waals surface area contributed by atoms with Gasteiger partial charge in [0.25, 0.3) is 0 Å². The summed E-state index contributed by atoms with van der Waals surface area (Å²) in [6.07, 6.45) is 6.25. The van der Waals surface area contributed by atoms with Gasteiger partial charge in [0.1, 0.15) is 0 Å². The molecule has 0 spiro atoms. The van der Waals surface area contributed by atoms with E-state index in [1.54, 1.807) is 6.20 Å². The Morgan fingerprint density at radius 3 is 2.79 bits per heavy atom. The average molecular weight is 191 g/mol. The summed E-state index contributed by atoms with van der Waals surface area (Å²) in [4.78, 5) is 4.23. The summed E-state index contributed by atoms with van der Waals surface area (Å²) < 4.78 is 0. The zero-order chi connectivity index (χ0) is 9.97. The molecule has 1 N–H and O–H groups in total. The molecule has 14 heavy (non-hydrogen) atoms. The number of hydrogen-bond acceptors (Lipinski definition) is 2. The molecule has 1 unspecified atom stereocenters. The molecule has 0 aliphatic heterocycles. The Kier molecular flexibility index (Phi) is 2.82. The molecule has 0 bridgehead atoms. The Morgan fingerprint density at radius 1 is 1.43 bits per heavy atom. The minimum atomic E-state index is -0.350. The SMILES string of the molecule is Cc1ccnc(C(O)C2CCCC2)c1. The maximum Gasteiger partial charge on any atom is 0.0987 e. The van der Waals surface area contributed by atoms with Gasteiger partial charge in [0.2, 0.25) is 0 Å². The number of pyridine rings is 1. The van der Waals surface area contributed by atoms with Crippen molar-refractivity contribution in [1.82, 2.24) is 4.98 Å². The third-order valence-corrected chi connectivity index (χ3v) is 3.09. The van der Waals surface area contributed by atoms with Crippen molar-refractivity contribution in [1.29, 1.82) is 0 Å². The molecule has 1 aliphatic carbocycles. The van der Waals surface area contributed by atoms with Crippen LogP contribution in [-0.2, 0) is 0 Å². The van der Waals surface area contributed by atoms with Crippen molar-refractivity contribution >= 4 is 0 Å². The Hall–Kier alpha value is -0.890. The minimum Gasteiger partial charge on any atom is -0.387 e. The fourth-order valence-corrected chi connectivity index (χ4v) is 2.24. The number of nitrogens with zero attached hydrogens (tertiary/aromatic N) is 1. The maximum absolute atomic E-state index is 10.1. The molecule has 1 saturated carbocycles. The molecule has 2 heteroatoms. The van der Waals surface area contributed by atoms with E-state index >= 15 is 0 Å². The summed E-state index contributed by atoms with van der Waals surface area (Å²) in [7, 11) is 0. The van der Waals surface area contributed by atoms with Crippen molar-refractivity contribution in [3.8, 4) is 0 Å². The second kappa shape index (κ2) is 4.09. The molecule has 2 rings (SSSR count). The Labute approximate surface area is 85.0 Å². The first-order chi connectivity index (χ1) is 6.77. The lowest BCUT2D eigenvalue weighted by atomic mass is 9.97. The summed E-state index contributed by atoms with van der Waals surface area (Å²) in [6.45, 7) is 2.03. The van der Waals surface area contributed by atoms with Crippen molar-refractivity contribution in [2.45, 2.75) is 38.7 Å². The third-order valence-electron chi connectivity index (χ3n) is 3.09. The molecule has 1 atom stereocenters. The summed E-state index contributed by atoms with van der Waals surface area (Å²) in [5.41, 5.74) is 2.02. The zero-order valence-corrected chi connectivity index (χ0v) is 8.61. The van der Waals surface area contributed by atoms with Gasteiger partial charge in [-0.2, -0.15) is 0 Å². The highest BCUT2D eigenvalue weighted by Crippen LogP contribution is 2.34. The topological polar surface area (TPSA) is 33.1 Å². The van der Waals surface area contributed by atoms with E-state index in [0.29, 0.717) is 5.92 Å². The van der Waals surface area contributed by atoms with Crippen LogP contribution in [0.4, 0.5) is 0 Å². The average Bonchev–Trinajstić information content (AvgIpc) is 2.69. The molecule has 1 aromatic rings. The van der Waals surface area contributed by atoms with Crippen LogP contribution in [0.2, 0.25) is 0 Å². The van der Waals surface area contributed by atoms with Gasteiger partial charge in [-0.25, -0.2) is 0 Å². The largest absolute Gasteiger partial charge is 0.387 e. The van der Waals surface area contributed by atoms with E-state index < -0.39 is 0 Å². The van der Waals surface area contributed by atoms with Crippen molar-refractivity contribution in [2.24, 2.45) is 5.92 Å². The second-order valence-electron chi connectivity index (χ2n) is 4.25. The first kappa shape index (κ1) is 9.66. The van der Waals surface area contributed by atoms with Gasteiger partial charge in [0.05, 0.1) is 11.8 Å². The third kappa shape index (κ3) is 1.95. The smallest absolute Gasteiger partial charge is 0.0987 e. The lowest BCUT2D eigenvalue weighted by Crippen LogP contribution is -2.10. The fraction of sp³-hybridized carbons (Fsp3) is 0.583. The second-order valence-corrected chi connectivity index (χ2v) is 4.25. The van der Waals surface area contributed by atoms with Crippen LogP contribution in [0.1, 0.15) is 43.0 Å². The molecule has 1 aliphatic rings. The van der Waals surface area contributed by atoms with Gasteiger partial charge in [0.15, 0.2) is 0 Å². The van der Waals surface area contributed by atoms with Gasteiger partial charge in [-0.15, -0.1) is 0 Å². The number of aliphatic hydroxyl groups is 1. The highest BCUT2D eigenvalue weighted by atomic mass is 16.3. The van der Waals surface area contributed by atoms with E-state index in [-0.39, 0.29) is 6.10 Å². The number of rotatable bonds is 2. The molecule has 1 aromatic heterocycles. The van der Waals surface area contributed by atoms with Crippen LogP contribution in [0.3, 0.4) is 0 Å². The van der Waals surface area contributed by atoms with E-state index in [9.17, 15) is 5.11 Å². The molecule has 0 saturated heterocycles. The van der Waals surface area contributed by atoms with Crippen LogP contribution in [0.25, 0.3) is 0 Å². The van der Waals surface area contributed by atoms with E-state index in [1.165, 1.54) is 18.4 Å². The molecule has 0 amide bonds. The summed E-state index contributed by atoms with van der Waals surface area (Å²) >= 11 is 0. The van der Waals surface area contributed by atoms with Gasteiger partial charge in [-0.05, 0) is 43.4 Å². The van der Waals surface area contributed by atoms with E-state index in [4.69, 9.17) is 0 Å². The first-order valence-corrected chi connectivity index (χ1v) is 5.38. The number of aliphatic hydroxyl groups excluding tert-OH is 1. The summed E-state index contributed by atoms with van der Waals surface area (Å²) in [5.74, 6) is 0.435. The zero-order valence-electron chi connectivity index (χ0n) is 8.61. The van der Waals surface area contributed by atoms with Gasteiger partial charge >= 0.3 is 0 Å². The van der Waals surface area contributed by atoms with Crippen molar-refractivity contribution in [2.75, 3.05) is 0 Å². The normalized spacial score (nSPS) is 19.9. The molecule has 1 fully saturated rings. The minimum absolute atomic E-state index is 0.350. The highest BCUT2D eigenvalue weighted by molar-refractivity contribution is 5.16. The predicted molar refractivity (Wildman–Crippen MR) is 55.9 cm³/mol. The molecule has 1 heterocycles. The Bertz CT molecular complexity index is 305. The monoisotopic (exact) mass is 191 g/mol. The number of hydrogen-bond donors (Lipinski definition) is 1.